The Labute approximate surface area is 175 Å². The van der Waals surface area contributed by atoms with Crippen LogP contribution in [-0.2, 0) is 16.0 Å². The lowest BCUT2D eigenvalue weighted by atomic mass is 9.99. The maximum Gasteiger partial charge on any atom is 0.228 e. The van der Waals surface area contributed by atoms with Crippen LogP contribution in [0.25, 0.3) is 10.9 Å². The minimum absolute atomic E-state index is 0.0787. The standard InChI is InChI=1S/C23H24ClN3O2/c1-15-17-6-3-4-8-20(17)25-16(2)18(15)14-22(28)26-21-9-5-7-19(24)23(21)27-10-12-29-13-11-27/h3-9H,10-14H2,1-2H3,(H,26,28). The van der Waals surface area contributed by atoms with Gasteiger partial charge in [-0.05, 0) is 43.2 Å². The van der Waals surface area contributed by atoms with E-state index < -0.39 is 0 Å². The Morgan fingerprint density at radius 3 is 2.69 bits per heavy atom. The molecule has 6 heteroatoms. The number of hydrogen-bond acceptors (Lipinski definition) is 4. The average molecular weight is 410 g/mol. The molecule has 0 saturated carbocycles. The Morgan fingerprint density at radius 1 is 1.14 bits per heavy atom. The topological polar surface area (TPSA) is 54.5 Å². The summed E-state index contributed by atoms with van der Waals surface area (Å²) in [4.78, 5) is 19.8. The van der Waals surface area contributed by atoms with Gasteiger partial charge in [-0.15, -0.1) is 0 Å². The predicted octanol–water partition coefficient (Wildman–Crippen LogP) is 4.52. The quantitative estimate of drug-likeness (QED) is 0.688. The number of fused-ring (bicyclic) bond motifs is 1. The van der Waals surface area contributed by atoms with Crippen molar-refractivity contribution in [2.45, 2.75) is 20.3 Å². The summed E-state index contributed by atoms with van der Waals surface area (Å²) >= 11 is 6.48. The highest BCUT2D eigenvalue weighted by molar-refractivity contribution is 6.34. The number of amides is 1. The van der Waals surface area contributed by atoms with E-state index in [4.69, 9.17) is 16.3 Å². The molecule has 0 bridgehead atoms. The summed E-state index contributed by atoms with van der Waals surface area (Å²) in [6, 6.07) is 13.6. The number of ether oxygens (including phenoxy) is 1. The first-order valence-electron chi connectivity index (χ1n) is 9.80. The number of carbonyl (C=O) groups is 1. The van der Waals surface area contributed by atoms with Crippen LogP contribution in [0.2, 0.25) is 5.02 Å². The van der Waals surface area contributed by atoms with Crippen LogP contribution in [0.5, 0.6) is 0 Å². The number of aromatic nitrogens is 1. The molecule has 5 nitrogen and oxygen atoms in total. The third-order valence-corrected chi connectivity index (χ3v) is 5.72. The molecule has 0 radical (unpaired) electrons. The first-order valence-corrected chi connectivity index (χ1v) is 10.2. The SMILES string of the molecule is Cc1nc2ccccc2c(C)c1CC(=O)Nc1cccc(Cl)c1N1CCOCC1. The Hall–Kier alpha value is -2.63. The molecule has 0 spiro atoms. The van der Waals surface area contributed by atoms with Crippen molar-refractivity contribution in [3.05, 3.63) is 64.3 Å². The number of aryl methyl sites for hydroxylation is 2. The van der Waals surface area contributed by atoms with Gasteiger partial charge in [0.25, 0.3) is 0 Å². The Morgan fingerprint density at radius 2 is 1.90 bits per heavy atom. The number of anilines is 2. The molecule has 0 unspecified atom stereocenters. The second kappa shape index (κ2) is 8.39. The number of benzene rings is 2. The smallest absolute Gasteiger partial charge is 0.228 e. The van der Waals surface area contributed by atoms with Gasteiger partial charge in [0.2, 0.25) is 5.91 Å². The zero-order valence-corrected chi connectivity index (χ0v) is 17.4. The normalized spacial score (nSPS) is 14.2. The van der Waals surface area contributed by atoms with E-state index in [0.29, 0.717) is 18.2 Å². The van der Waals surface area contributed by atoms with Gasteiger partial charge in [-0.25, -0.2) is 0 Å². The molecule has 2 aromatic carbocycles. The van der Waals surface area contributed by atoms with Gasteiger partial charge in [-0.2, -0.15) is 0 Å². The monoisotopic (exact) mass is 409 g/mol. The highest BCUT2D eigenvalue weighted by Crippen LogP contribution is 2.34. The number of morpholine rings is 1. The summed E-state index contributed by atoms with van der Waals surface area (Å²) in [7, 11) is 0. The van der Waals surface area contributed by atoms with Crippen molar-refractivity contribution in [1.82, 2.24) is 4.98 Å². The van der Waals surface area contributed by atoms with Gasteiger partial charge in [-0.3, -0.25) is 9.78 Å². The first-order chi connectivity index (χ1) is 14.0. The van der Waals surface area contributed by atoms with Crippen LogP contribution in [0.3, 0.4) is 0 Å². The second-order valence-corrected chi connectivity index (χ2v) is 7.69. The molecule has 0 atom stereocenters. The summed E-state index contributed by atoms with van der Waals surface area (Å²) in [5.74, 6) is -0.0787. The molecule has 2 heterocycles. The zero-order valence-electron chi connectivity index (χ0n) is 16.7. The number of carbonyl (C=O) groups excluding carboxylic acids is 1. The van der Waals surface area contributed by atoms with E-state index in [0.717, 1.165) is 52.2 Å². The average Bonchev–Trinajstić information content (AvgIpc) is 2.72. The highest BCUT2D eigenvalue weighted by atomic mass is 35.5. The molecule has 29 heavy (non-hydrogen) atoms. The number of para-hydroxylation sites is 2. The summed E-state index contributed by atoms with van der Waals surface area (Å²) in [5, 5.41) is 4.78. The van der Waals surface area contributed by atoms with Crippen LogP contribution in [-0.4, -0.2) is 37.2 Å². The Balaban J connectivity index is 1.60. The Kier molecular flexibility index (Phi) is 5.69. The largest absolute Gasteiger partial charge is 0.378 e. The van der Waals surface area contributed by atoms with Crippen LogP contribution in [0.1, 0.15) is 16.8 Å². The molecule has 150 valence electrons. The molecule has 1 amide bonds. The van der Waals surface area contributed by atoms with Crippen molar-refractivity contribution in [2.24, 2.45) is 0 Å². The van der Waals surface area contributed by atoms with E-state index in [1.807, 2.05) is 49.4 Å². The van der Waals surface area contributed by atoms with Crippen LogP contribution >= 0.6 is 11.6 Å². The third kappa shape index (κ3) is 4.07. The van der Waals surface area contributed by atoms with Crippen molar-refractivity contribution in [3.8, 4) is 0 Å². The fraction of sp³-hybridized carbons (Fsp3) is 0.304. The van der Waals surface area contributed by atoms with E-state index in [2.05, 4.69) is 22.1 Å². The molecule has 0 aliphatic carbocycles. The highest BCUT2D eigenvalue weighted by Gasteiger charge is 2.20. The van der Waals surface area contributed by atoms with Gasteiger partial charge in [0.1, 0.15) is 0 Å². The minimum Gasteiger partial charge on any atom is -0.378 e. The molecule has 1 aliphatic rings. The van der Waals surface area contributed by atoms with E-state index in [9.17, 15) is 4.79 Å². The number of hydrogen-bond donors (Lipinski definition) is 1. The summed E-state index contributed by atoms with van der Waals surface area (Å²) < 4.78 is 5.44. The fourth-order valence-electron chi connectivity index (χ4n) is 3.91. The van der Waals surface area contributed by atoms with Crippen LogP contribution in [0.15, 0.2) is 42.5 Å². The van der Waals surface area contributed by atoms with Gasteiger partial charge in [0.05, 0.1) is 41.5 Å². The molecule has 1 aromatic heterocycles. The van der Waals surface area contributed by atoms with Gasteiger partial charge in [0.15, 0.2) is 0 Å². The molecule has 1 N–H and O–H groups in total. The molecular weight excluding hydrogens is 386 g/mol. The maximum atomic E-state index is 12.9. The van der Waals surface area contributed by atoms with Crippen molar-refractivity contribution in [1.29, 1.82) is 0 Å². The van der Waals surface area contributed by atoms with E-state index >= 15 is 0 Å². The fourth-order valence-corrected chi connectivity index (χ4v) is 4.20. The molecular formula is C23H24ClN3O2. The molecule has 1 saturated heterocycles. The number of pyridine rings is 1. The predicted molar refractivity (Wildman–Crippen MR) is 118 cm³/mol. The lowest BCUT2D eigenvalue weighted by molar-refractivity contribution is -0.115. The van der Waals surface area contributed by atoms with Gasteiger partial charge in [-0.1, -0.05) is 35.9 Å². The first kappa shape index (κ1) is 19.7. The minimum atomic E-state index is -0.0787. The van der Waals surface area contributed by atoms with Crippen molar-refractivity contribution >= 4 is 39.8 Å². The molecule has 3 aromatic rings. The number of nitrogens with one attached hydrogen (secondary N) is 1. The van der Waals surface area contributed by atoms with Crippen molar-refractivity contribution < 1.29 is 9.53 Å². The summed E-state index contributed by atoms with van der Waals surface area (Å²) in [5.41, 5.74) is 5.50. The van der Waals surface area contributed by atoms with Gasteiger partial charge >= 0.3 is 0 Å². The lowest BCUT2D eigenvalue weighted by Gasteiger charge is -2.31. The number of rotatable bonds is 4. The van der Waals surface area contributed by atoms with Crippen molar-refractivity contribution in [3.63, 3.8) is 0 Å². The van der Waals surface area contributed by atoms with E-state index in [1.165, 1.54) is 0 Å². The van der Waals surface area contributed by atoms with E-state index in [-0.39, 0.29) is 12.3 Å². The summed E-state index contributed by atoms with van der Waals surface area (Å²) in [6.07, 6.45) is 0.268. The molecule has 1 fully saturated rings. The van der Waals surface area contributed by atoms with Gasteiger partial charge < -0.3 is 15.0 Å². The van der Waals surface area contributed by atoms with Crippen molar-refractivity contribution in [2.75, 3.05) is 36.5 Å². The zero-order chi connectivity index (χ0) is 20.4. The van der Waals surface area contributed by atoms with Crippen LogP contribution < -0.4 is 10.2 Å². The van der Waals surface area contributed by atoms with Crippen LogP contribution in [0.4, 0.5) is 11.4 Å². The second-order valence-electron chi connectivity index (χ2n) is 7.28. The number of nitrogens with zero attached hydrogens (tertiary/aromatic N) is 2. The van der Waals surface area contributed by atoms with Crippen LogP contribution in [0, 0.1) is 13.8 Å². The third-order valence-electron chi connectivity index (χ3n) is 5.41. The molecule has 4 rings (SSSR count). The maximum absolute atomic E-state index is 12.9. The Bertz CT molecular complexity index is 1060. The van der Waals surface area contributed by atoms with E-state index in [1.54, 1.807) is 0 Å². The summed E-state index contributed by atoms with van der Waals surface area (Å²) in [6.45, 7) is 6.82. The molecule has 1 aliphatic heterocycles. The lowest BCUT2D eigenvalue weighted by Crippen LogP contribution is -2.37. The van der Waals surface area contributed by atoms with Gasteiger partial charge in [0, 0.05) is 24.2 Å². The number of halogens is 1.